The van der Waals surface area contributed by atoms with E-state index in [-0.39, 0.29) is 22.5 Å². The Morgan fingerprint density at radius 3 is 2.67 bits per heavy atom. The van der Waals surface area contributed by atoms with Crippen molar-refractivity contribution >= 4 is 46.2 Å². The van der Waals surface area contributed by atoms with E-state index in [1.54, 1.807) is 11.8 Å². The van der Waals surface area contributed by atoms with Crippen molar-refractivity contribution in [1.82, 2.24) is 9.97 Å². The van der Waals surface area contributed by atoms with E-state index >= 15 is 0 Å². The number of rotatable bonds is 5. The molecule has 0 bridgehead atoms. The second-order valence-electron chi connectivity index (χ2n) is 6.12. The number of fused-ring (bicyclic) bond motifs is 1. The number of oxazole rings is 1. The number of hydrogen-bond donors (Lipinski definition) is 0. The molecule has 3 aromatic rings. The minimum Gasteiger partial charge on any atom is -0.435 e. The fraction of sp³-hybridized carbons (Fsp3) is 0.333. The third kappa shape index (κ3) is 4.22. The highest BCUT2D eigenvalue weighted by Crippen LogP contribution is 2.45. The smallest absolute Gasteiger partial charge is 0.435 e. The Bertz CT molecular complexity index is 1000. The molecule has 0 spiro atoms. The van der Waals surface area contributed by atoms with E-state index in [1.807, 2.05) is 13.0 Å². The van der Waals surface area contributed by atoms with Gasteiger partial charge in [-0.15, -0.1) is 11.8 Å². The topological polar surface area (TPSA) is 38.9 Å². The van der Waals surface area contributed by atoms with Crippen LogP contribution in [0, 0.1) is 0 Å². The van der Waals surface area contributed by atoms with Crippen LogP contribution in [0.1, 0.15) is 31.2 Å². The Hall–Kier alpha value is -1.38. The predicted octanol–water partition coefficient (Wildman–Crippen LogP) is 7.14. The highest BCUT2D eigenvalue weighted by molar-refractivity contribution is 8.00. The Morgan fingerprint density at radius 2 is 2.00 bits per heavy atom. The summed E-state index contributed by atoms with van der Waals surface area (Å²) in [6.07, 6.45) is 2.22. The van der Waals surface area contributed by atoms with Crippen molar-refractivity contribution in [2.24, 2.45) is 0 Å². The summed E-state index contributed by atoms with van der Waals surface area (Å²) in [6.45, 7) is 2.03. The van der Waals surface area contributed by atoms with Crippen LogP contribution in [0.15, 0.2) is 38.5 Å². The van der Waals surface area contributed by atoms with E-state index in [9.17, 15) is 13.2 Å². The maximum atomic E-state index is 12.6. The van der Waals surface area contributed by atoms with E-state index in [0.29, 0.717) is 27.9 Å². The first kappa shape index (κ1) is 19.0. The molecule has 142 valence electrons. The van der Waals surface area contributed by atoms with Crippen molar-refractivity contribution in [3.8, 4) is 11.6 Å². The average Bonchev–Trinajstić information content (AvgIpc) is 3.34. The lowest BCUT2D eigenvalue weighted by atomic mass is 10.2. The van der Waals surface area contributed by atoms with Gasteiger partial charge in [0.15, 0.2) is 5.58 Å². The average molecular weight is 431 g/mol. The van der Waals surface area contributed by atoms with Crippen molar-refractivity contribution in [1.29, 1.82) is 0 Å². The van der Waals surface area contributed by atoms with E-state index in [1.165, 1.54) is 18.2 Å². The Morgan fingerprint density at radius 1 is 1.22 bits per heavy atom. The van der Waals surface area contributed by atoms with Gasteiger partial charge in [-0.3, -0.25) is 0 Å². The molecule has 1 aromatic carbocycles. The van der Waals surface area contributed by atoms with Gasteiger partial charge in [-0.1, -0.05) is 18.5 Å². The monoisotopic (exact) mass is 430 g/mol. The van der Waals surface area contributed by atoms with Gasteiger partial charge in [0.05, 0.1) is 0 Å². The summed E-state index contributed by atoms with van der Waals surface area (Å²) in [5.41, 5.74) is -2.02. The van der Waals surface area contributed by atoms with Gasteiger partial charge in [0, 0.05) is 9.79 Å². The summed E-state index contributed by atoms with van der Waals surface area (Å²) in [7, 11) is 0. The van der Waals surface area contributed by atoms with Gasteiger partial charge in [0.2, 0.25) is 5.89 Å². The van der Waals surface area contributed by atoms with Crippen molar-refractivity contribution in [2.45, 2.75) is 41.0 Å². The van der Waals surface area contributed by atoms with Crippen molar-refractivity contribution in [3.05, 3.63) is 35.0 Å². The van der Waals surface area contributed by atoms with Gasteiger partial charge < -0.3 is 4.42 Å². The lowest BCUT2D eigenvalue weighted by Crippen LogP contribution is -1.98. The fourth-order valence-corrected chi connectivity index (χ4v) is 4.45. The molecular weight excluding hydrogens is 417 g/mol. The molecule has 0 aliphatic heterocycles. The second kappa shape index (κ2) is 7.22. The van der Waals surface area contributed by atoms with E-state index < -0.39 is 5.51 Å². The lowest BCUT2D eigenvalue weighted by molar-refractivity contribution is -0.0328. The summed E-state index contributed by atoms with van der Waals surface area (Å²) in [5.74, 6) is 1.56. The number of aromatic nitrogens is 2. The molecule has 4 rings (SSSR count). The number of pyridine rings is 1. The van der Waals surface area contributed by atoms with Crippen molar-refractivity contribution < 1.29 is 17.6 Å². The third-order valence-electron chi connectivity index (χ3n) is 4.08. The molecule has 0 amide bonds. The number of benzene rings is 1. The van der Waals surface area contributed by atoms with Crippen molar-refractivity contribution in [2.75, 3.05) is 5.75 Å². The SMILES string of the molecule is CCSc1cc(C2CC2)c(Cl)nc1-c1nc2cc(SC(F)(F)F)ccc2o1. The highest BCUT2D eigenvalue weighted by atomic mass is 35.5. The van der Waals surface area contributed by atoms with Crippen LogP contribution < -0.4 is 0 Å². The molecular formula is C18H14ClF3N2OS2. The summed E-state index contributed by atoms with van der Waals surface area (Å²) >= 11 is 7.80. The fourth-order valence-electron chi connectivity index (χ4n) is 2.79. The first-order valence-electron chi connectivity index (χ1n) is 8.34. The van der Waals surface area contributed by atoms with Gasteiger partial charge in [0.1, 0.15) is 16.4 Å². The van der Waals surface area contributed by atoms with Gasteiger partial charge in [-0.05, 0) is 66.1 Å². The molecule has 27 heavy (non-hydrogen) atoms. The molecule has 1 fully saturated rings. The molecule has 0 saturated heterocycles. The molecule has 1 saturated carbocycles. The Labute approximate surface area is 167 Å². The van der Waals surface area contributed by atoms with Gasteiger partial charge in [-0.2, -0.15) is 13.2 Å². The second-order valence-corrected chi connectivity index (χ2v) is 8.92. The lowest BCUT2D eigenvalue weighted by Gasteiger charge is -2.09. The Kier molecular flexibility index (Phi) is 5.07. The molecule has 0 unspecified atom stereocenters. The first-order valence-corrected chi connectivity index (χ1v) is 10.5. The van der Waals surface area contributed by atoms with Gasteiger partial charge in [0.25, 0.3) is 0 Å². The summed E-state index contributed by atoms with van der Waals surface area (Å²) in [6, 6.07) is 6.27. The van der Waals surface area contributed by atoms with E-state index in [2.05, 4.69) is 9.97 Å². The van der Waals surface area contributed by atoms with Crippen LogP contribution in [0.25, 0.3) is 22.7 Å². The summed E-state index contributed by atoms with van der Waals surface area (Å²) in [5, 5.41) is 0.434. The standard InChI is InChI=1S/C18H14ClF3N2OS2/c1-2-26-14-8-11(9-3-4-9)16(19)24-15(14)17-23-12-7-10(27-18(20,21)22)5-6-13(12)25-17/h5-9H,2-4H2,1H3. The maximum absolute atomic E-state index is 12.6. The molecule has 9 heteroatoms. The zero-order valence-corrected chi connectivity index (χ0v) is 16.5. The largest absolute Gasteiger partial charge is 0.446 e. The van der Waals surface area contributed by atoms with Gasteiger partial charge in [-0.25, -0.2) is 9.97 Å². The normalized spacial score (nSPS) is 14.9. The maximum Gasteiger partial charge on any atom is 0.446 e. The molecule has 1 aliphatic carbocycles. The van der Waals surface area contributed by atoms with Crippen LogP contribution >= 0.6 is 35.1 Å². The molecule has 2 aromatic heterocycles. The zero-order valence-electron chi connectivity index (χ0n) is 14.1. The van der Waals surface area contributed by atoms with Crippen LogP contribution in [0.5, 0.6) is 0 Å². The minimum atomic E-state index is -4.35. The number of halogens is 4. The molecule has 0 atom stereocenters. The molecule has 2 heterocycles. The van der Waals surface area contributed by atoms with E-state index in [0.717, 1.165) is 29.1 Å². The van der Waals surface area contributed by atoms with Crippen molar-refractivity contribution in [3.63, 3.8) is 0 Å². The van der Waals surface area contributed by atoms with Crippen LogP contribution in [0.3, 0.4) is 0 Å². The Balaban J connectivity index is 1.76. The van der Waals surface area contributed by atoms with Crippen LogP contribution in [0.4, 0.5) is 13.2 Å². The zero-order chi connectivity index (χ0) is 19.2. The number of thioether (sulfide) groups is 2. The van der Waals surface area contributed by atoms with Crippen LogP contribution in [-0.4, -0.2) is 21.2 Å². The van der Waals surface area contributed by atoms with E-state index in [4.69, 9.17) is 16.0 Å². The third-order valence-corrected chi connectivity index (χ3v) is 6.02. The number of hydrogen-bond acceptors (Lipinski definition) is 5. The molecule has 1 aliphatic rings. The quantitative estimate of drug-likeness (QED) is 0.317. The first-order chi connectivity index (χ1) is 12.8. The molecule has 0 radical (unpaired) electrons. The van der Waals surface area contributed by atoms with Crippen LogP contribution in [0.2, 0.25) is 5.15 Å². The predicted molar refractivity (Wildman–Crippen MR) is 103 cm³/mol. The summed E-state index contributed by atoms with van der Waals surface area (Å²) < 4.78 is 43.5. The minimum absolute atomic E-state index is 0.0630. The molecule has 0 N–H and O–H groups in total. The number of nitrogens with zero attached hydrogens (tertiary/aromatic N) is 2. The number of alkyl halides is 3. The van der Waals surface area contributed by atoms with Crippen LogP contribution in [-0.2, 0) is 0 Å². The molecule has 3 nitrogen and oxygen atoms in total. The summed E-state index contributed by atoms with van der Waals surface area (Å²) in [4.78, 5) is 9.85. The van der Waals surface area contributed by atoms with Gasteiger partial charge >= 0.3 is 5.51 Å². The highest BCUT2D eigenvalue weighted by Gasteiger charge is 2.30.